The predicted octanol–water partition coefficient (Wildman–Crippen LogP) is 5.35. The summed E-state index contributed by atoms with van der Waals surface area (Å²) in [5.41, 5.74) is 2.79. The minimum Gasteiger partial charge on any atom is -0.502 e. The van der Waals surface area contributed by atoms with E-state index in [0.29, 0.717) is 33.6 Å². The Morgan fingerprint density at radius 2 is 1.87 bits per heavy atom. The number of fused-ring (bicyclic) bond motifs is 1. The highest BCUT2D eigenvalue weighted by atomic mass is 19.2. The molecule has 0 aliphatic carbocycles. The van der Waals surface area contributed by atoms with Gasteiger partial charge in [0, 0.05) is 40.8 Å². The van der Waals surface area contributed by atoms with Crippen LogP contribution in [0.2, 0.25) is 0 Å². The highest BCUT2D eigenvalue weighted by Gasteiger charge is 2.14. The maximum atomic E-state index is 13.5. The van der Waals surface area contributed by atoms with Crippen LogP contribution in [0.4, 0.5) is 20.2 Å². The zero-order valence-corrected chi connectivity index (χ0v) is 16.3. The third-order valence-electron chi connectivity index (χ3n) is 4.89. The van der Waals surface area contributed by atoms with Crippen LogP contribution < -0.4 is 10.1 Å². The molecule has 0 fully saturated rings. The summed E-state index contributed by atoms with van der Waals surface area (Å²) in [6, 6.07) is 13.4. The molecule has 0 saturated heterocycles. The number of H-pyrrole nitrogens is 1. The topological polar surface area (TPSA) is 100 Å². The molecule has 3 N–H and O–H groups in total. The van der Waals surface area contributed by atoms with Crippen LogP contribution in [0.3, 0.4) is 0 Å². The number of aromatic nitrogens is 1. The number of aromatic hydroxyl groups is 1. The maximum Gasteiger partial charge on any atom is 0.310 e. The lowest BCUT2D eigenvalue weighted by atomic mass is 10.1. The SMILES string of the molecule is COc1ccc(-c2cc3cc(F)c(F)cc3[nH]2)cc1NCc1ccc([N+](=O)[O-])c(O)c1. The van der Waals surface area contributed by atoms with Gasteiger partial charge in [0.05, 0.1) is 17.7 Å². The van der Waals surface area contributed by atoms with Gasteiger partial charge in [-0.3, -0.25) is 10.1 Å². The Balaban J connectivity index is 1.62. The van der Waals surface area contributed by atoms with Gasteiger partial charge in [-0.2, -0.15) is 0 Å². The lowest BCUT2D eigenvalue weighted by Gasteiger charge is -2.13. The first-order valence-electron chi connectivity index (χ1n) is 9.22. The summed E-state index contributed by atoms with van der Waals surface area (Å²) in [5.74, 6) is -1.70. The van der Waals surface area contributed by atoms with Crippen molar-refractivity contribution in [1.82, 2.24) is 4.98 Å². The van der Waals surface area contributed by atoms with Crippen molar-refractivity contribution in [2.45, 2.75) is 6.54 Å². The van der Waals surface area contributed by atoms with Crippen molar-refractivity contribution in [2.75, 3.05) is 12.4 Å². The van der Waals surface area contributed by atoms with Gasteiger partial charge in [-0.25, -0.2) is 8.78 Å². The normalized spacial score (nSPS) is 10.9. The molecule has 0 spiro atoms. The molecule has 31 heavy (non-hydrogen) atoms. The summed E-state index contributed by atoms with van der Waals surface area (Å²) in [5, 5.41) is 24.4. The molecule has 4 aromatic rings. The van der Waals surface area contributed by atoms with E-state index in [1.54, 1.807) is 24.3 Å². The Morgan fingerprint density at radius 1 is 1.10 bits per heavy atom. The minimum absolute atomic E-state index is 0.272. The molecule has 158 valence electrons. The number of rotatable bonds is 6. The van der Waals surface area contributed by atoms with E-state index in [-0.39, 0.29) is 12.2 Å². The average molecular weight is 425 g/mol. The van der Waals surface area contributed by atoms with E-state index in [9.17, 15) is 24.0 Å². The number of nitro benzene ring substituents is 1. The molecule has 0 aliphatic rings. The number of anilines is 1. The molecular formula is C22H17F2N3O4. The van der Waals surface area contributed by atoms with Crippen LogP contribution >= 0.6 is 0 Å². The largest absolute Gasteiger partial charge is 0.502 e. The third-order valence-corrected chi connectivity index (χ3v) is 4.89. The van der Waals surface area contributed by atoms with Crippen molar-refractivity contribution in [3.05, 3.63) is 81.9 Å². The van der Waals surface area contributed by atoms with E-state index in [4.69, 9.17) is 4.74 Å². The van der Waals surface area contributed by atoms with Crippen molar-refractivity contribution in [3.8, 4) is 22.8 Å². The molecule has 4 rings (SSSR count). The fourth-order valence-corrected chi connectivity index (χ4v) is 3.33. The summed E-state index contributed by atoms with van der Waals surface area (Å²) >= 11 is 0. The van der Waals surface area contributed by atoms with Gasteiger partial charge in [-0.15, -0.1) is 0 Å². The van der Waals surface area contributed by atoms with E-state index in [2.05, 4.69) is 10.3 Å². The van der Waals surface area contributed by atoms with Gasteiger partial charge in [-0.05, 0) is 42.0 Å². The van der Waals surface area contributed by atoms with Crippen LogP contribution in [0.1, 0.15) is 5.56 Å². The van der Waals surface area contributed by atoms with Gasteiger partial charge in [-0.1, -0.05) is 6.07 Å². The number of ether oxygens (including phenoxy) is 1. The Morgan fingerprint density at radius 3 is 2.58 bits per heavy atom. The minimum atomic E-state index is -0.927. The number of nitrogens with zero attached hydrogens (tertiary/aromatic N) is 1. The Kier molecular flexibility index (Phi) is 5.16. The molecular weight excluding hydrogens is 408 g/mol. The standard InChI is InChI=1S/C22H17F2N3O4/c1-31-22-5-3-13(17-9-14-7-15(23)16(24)10-18(14)26-17)8-19(22)25-11-12-2-4-20(27(29)30)21(28)6-12/h2-10,25-26,28H,11H2,1H3. The molecule has 1 heterocycles. The number of phenols is 1. The third kappa shape index (κ3) is 3.97. The fraction of sp³-hybridized carbons (Fsp3) is 0.0909. The van der Waals surface area contributed by atoms with E-state index in [1.165, 1.54) is 19.2 Å². The predicted molar refractivity (Wildman–Crippen MR) is 112 cm³/mol. The van der Waals surface area contributed by atoms with E-state index < -0.39 is 22.3 Å². The quantitative estimate of drug-likeness (QED) is 0.286. The van der Waals surface area contributed by atoms with Gasteiger partial charge in [0.25, 0.3) is 0 Å². The zero-order valence-electron chi connectivity index (χ0n) is 16.3. The molecule has 0 bridgehead atoms. The zero-order chi connectivity index (χ0) is 22.1. The highest BCUT2D eigenvalue weighted by molar-refractivity contribution is 5.86. The number of aromatic amines is 1. The fourth-order valence-electron chi connectivity index (χ4n) is 3.33. The molecule has 0 unspecified atom stereocenters. The second-order valence-electron chi connectivity index (χ2n) is 6.89. The van der Waals surface area contributed by atoms with Crippen molar-refractivity contribution in [2.24, 2.45) is 0 Å². The number of benzene rings is 3. The molecule has 0 aliphatic heterocycles. The molecule has 0 atom stereocenters. The molecule has 9 heteroatoms. The lowest BCUT2D eigenvalue weighted by Crippen LogP contribution is -2.02. The average Bonchev–Trinajstić information content (AvgIpc) is 3.14. The first-order valence-corrected chi connectivity index (χ1v) is 9.22. The molecule has 0 saturated carbocycles. The summed E-state index contributed by atoms with van der Waals surface area (Å²) in [6.07, 6.45) is 0. The van der Waals surface area contributed by atoms with E-state index >= 15 is 0 Å². The number of halogens is 2. The highest BCUT2D eigenvalue weighted by Crippen LogP contribution is 2.33. The van der Waals surface area contributed by atoms with Crippen LogP contribution in [0.25, 0.3) is 22.2 Å². The summed E-state index contributed by atoms with van der Waals surface area (Å²) in [4.78, 5) is 13.3. The van der Waals surface area contributed by atoms with E-state index in [1.807, 2.05) is 6.07 Å². The van der Waals surface area contributed by atoms with Crippen LogP contribution in [0, 0.1) is 21.7 Å². The molecule has 0 radical (unpaired) electrons. The second-order valence-corrected chi connectivity index (χ2v) is 6.89. The number of hydrogen-bond acceptors (Lipinski definition) is 5. The first kappa shape index (κ1) is 20.1. The summed E-state index contributed by atoms with van der Waals surface area (Å²) in [6.45, 7) is 0.272. The molecule has 1 aromatic heterocycles. The molecule has 3 aromatic carbocycles. The second kappa shape index (κ2) is 7.94. The number of nitrogens with one attached hydrogen (secondary N) is 2. The molecule has 7 nitrogen and oxygen atoms in total. The van der Waals surface area contributed by atoms with Gasteiger partial charge in [0.15, 0.2) is 17.4 Å². The Labute approximate surface area is 175 Å². The van der Waals surface area contributed by atoms with Crippen LogP contribution in [0.5, 0.6) is 11.5 Å². The van der Waals surface area contributed by atoms with E-state index in [0.717, 1.165) is 17.7 Å². The van der Waals surface area contributed by atoms with Crippen molar-refractivity contribution in [1.29, 1.82) is 0 Å². The van der Waals surface area contributed by atoms with Crippen molar-refractivity contribution >= 4 is 22.3 Å². The number of nitro groups is 1. The van der Waals surface area contributed by atoms with Gasteiger partial charge in [0.2, 0.25) is 0 Å². The number of methoxy groups -OCH3 is 1. The monoisotopic (exact) mass is 425 g/mol. The lowest BCUT2D eigenvalue weighted by molar-refractivity contribution is -0.385. The van der Waals surface area contributed by atoms with Crippen molar-refractivity contribution in [3.63, 3.8) is 0 Å². The summed E-state index contributed by atoms with van der Waals surface area (Å²) < 4.78 is 32.4. The number of hydrogen-bond donors (Lipinski definition) is 3. The van der Waals surface area contributed by atoms with Crippen LogP contribution in [-0.4, -0.2) is 22.1 Å². The smallest absolute Gasteiger partial charge is 0.310 e. The van der Waals surface area contributed by atoms with Gasteiger partial charge < -0.3 is 20.1 Å². The number of phenolic OH excluding ortho intramolecular Hbond substituents is 1. The van der Waals surface area contributed by atoms with Crippen LogP contribution in [0.15, 0.2) is 54.6 Å². The summed E-state index contributed by atoms with van der Waals surface area (Å²) in [7, 11) is 1.52. The Hall–Kier alpha value is -4.14. The van der Waals surface area contributed by atoms with Gasteiger partial charge in [0.1, 0.15) is 5.75 Å². The van der Waals surface area contributed by atoms with Crippen LogP contribution in [-0.2, 0) is 6.54 Å². The molecule has 0 amide bonds. The first-order chi connectivity index (χ1) is 14.9. The van der Waals surface area contributed by atoms with Gasteiger partial charge >= 0.3 is 5.69 Å². The maximum absolute atomic E-state index is 13.5. The van der Waals surface area contributed by atoms with Crippen molar-refractivity contribution < 1.29 is 23.5 Å². The Bertz CT molecular complexity index is 1260.